The van der Waals surface area contributed by atoms with Gasteiger partial charge in [-0.1, -0.05) is 24.3 Å². The minimum absolute atomic E-state index is 0.381. The van der Waals surface area contributed by atoms with Gasteiger partial charge in [-0.25, -0.2) is 4.79 Å². The predicted octanol–water partition coefficient (Wildman–Crippen LogP) is 3.68. The molecule has 98 valence electrons. The van der Waals surface area contributed by atoms with Gasteiger partial charge in [-0.2, -0.15) is 0 Å². The van der Waals surface area contributed by atoms with Crippen molar-refractivity contribution >= 4 is 5.97 Å². The van der Waals surface area contributed by atoms with Crippen molar-refractivity contribution in [2.24, 2.45) is 0 Å². The minimum atomic E-state index is -0.882. The van der Waals surface area contributed by atoms with E-state index in [1.165, 1.54) is 0 Å². The second kappa shape index (κ2) is 5.14. The average Bonchev–Trinajstić information content (AvgIpc) is 2.37. The highest BCUT2D eigenvalue weighted by Crippen LogP contribution is 2.27. The maximum atomic E-state index is 11.2. The van der Waals surface area contributed by atoms with Gasteiger partial charge in [0.05, 0.1) is 12.7 Å². The van der Waals surface area contributed by atoms with E-state index in [1.54, 1.807) is 7.11 Å². The first-order chi connectivity index (χ1) is 9.02. The fraction of sp³-hybridized carbons (Fsp3) is 0.188. The summed E-state index contributed by atoms with van der Waals surface area (Å²) in [5.41, 5.74) is 3.93. The maximum absolute atomic E-state index is 11.2. The maximum Gasteiger partial charge on any atom is 0.336 e. The Kier molecular flexibility index (Phi) is 3.56. The van der Waals surface area contributed by atoms with Gasteiger partial charge in [0.15, 0.2) is 0 Å². The second-order valence-corrected chi connectivity index (χ2v) is 4.52. The van der Waals surface area contributed by atoms with Gasteiger partial charge in [-0.3, -0.25) is 0 Å². The molecule has 0 fully saturated rings. The third kappa shape index (κ3) is 2.60. The SMILES string of the molecule is COc1cccc(-c2cc(C)c(C(=O)O)c(C)c2)c1. The number of ether oxygens (including phenoxy) is 1. The van der Waals surface area contributed by atoms with E-state index in [4.69, 9.17) is 4.74 Å². The smallest absolute Gasteiger partial charge is 0.336 e. The van der Waals surface area contributed by atoms with E-state index < -0.39 is 5.97 Å². The number of hydrogen-bond acceptors (Lipinski definition) is 2. The molecule has 0 saturated carbocycles. The van der Waals surface area contributed by atoms with E-state index in [0.29, 0.717) is 5.56 Å². The summed E-state index contributed by atoms with van der Waals surface area (Å²) >= 11 is 0. The average molecular weight is 256 g/mol. The van der Waals surface area contributed by atoms with E-state index in [-0.39, 0.29) is 0 Å². The number of aryl methyl sites for hydroxylation is 2. The Balaban J connectivity index is 2.55. The summed E-state index contributed by atoms with van der Waals surface area (Å²) in [6.07, 6.45) is 0. The van der Waals surface area contributed by atoms with Gasteiger partial charge in [0.2, 0.25) is 0 Å². The molecule has 19 heavy (non-hydrogen) atoms. The molecule has 0 aliphatic heterocycles. The molecule has 0 aliphatic carbocycles. The molecule has 2 aromatic carbocycles. The van der Waals surface area contributed by atoms with E-state index in [9.17, 15) is 9.90 Å². The number of carbonyl (C=O) groups is 1. The molecule has 0 amide bonds. The molecule has 3 nitrogen and oxygen atoms in total. The number of hydrogen-bond donors (Lipinski definition) is 1. The van der Waals surface area contributed by atoms with Gasteiger partial charge in [0.25, 0.3) is 0 Å². The van der Waals surface area contributed by atoms with Crippen LogP contribution in [0, 0.1) is 13.8 Å². The van der Waals surface area contributed by atoms with E-state index in [2.05, 4.69) is 0 Å². The Morgan fingerprint density at radius 2 is 1.68 bits per heavy atom. The summed E-state index contributed by atoms with van der Waals surface area (Å²) < 4.78 is 5.20. The van der Waals surface area contributed by atoms with Gasteiger partial charge in [-0.15, -0.1) is 0 Å². The zero-order chi connectivity index (χ0) is 14.0. The van der Waals surface area contributed by atoms with Crippen LogP contribution in [0.1, 0.15) is 21.5 Å². The number of aromatic carboxylic acids is 1. The van der Waals surface area contributed by atoms with Crippen LogP contribution in [0.5, 0.6) is 5.75 Å². The van der Waals surface area contributed by atoms with Crippen LogP contribution in [0.2, 0.25) is 0 Å². The monoisotopic (exact) mass is 256 g/mol. The van der Waals surface area contributed by atoms with Crippen LogP contribution in [0.25, 0.3) is 11.1 Å². The lowest BCUT2D eigenvalue weighted by Crippen LogP contribution is -2.03. The second-order valence-electron chi connectivity index (χ2n) is 4.52. The summed E-state index contributed by atoms with van der Waals surface area (Å²) in [7, 11) is 1.63. The Hall–Kier alpha value is -2.29. The Bertz CT molecular complexity index is 607. The topological polar surface area (TPSA) is 46.5 Å². The fourth-order valence-electron chi connectivity index (χ4n) is 2.27. The fourth-order valence-corrected chi connectivity index (χ4v) is 2.27. The molecule has 0 saturated heterocycles. The third-order valence-electron chi connectivity index (χ3n) is 3.15. The zero-order valence-electron chi connectivity index (χ0n) is 11.2. The first-order valence-corrected chi connectivity index (χ1v) is 6.02. The van der Waals surface area contributed by atoms with Crippen molar-refractivity contribution in [2.45, 2.75) is 13.8 Å². The minimum Gasteiger partial charge on any atom is -0.497 e. The number of methoxy groups -OCH3 is 1. The van der Waals surface area contributed by atoms with Gasteiger partial charge in [0, 0.05) is 0 Å². The summed E-state index contributed by atoms with van der Waals surface area (Å²) in [4.78, 5) is 11.2. The van der Waals surface area contributed by atoms with Crippen LogP contribution in [0.4, 0.5) is 0 Å². The van der Waals surface area contributed by atoms with Gasteiger partial charge >= 0.3 is 5.97 Å². The normalized spacial score (nSPS) is 10.3. The third-order valence-corrected chi connectivity index (χ3v) is 3.15. The molecule has 0 aliphatic rings. The molecule has 0 atom stereocenters. The van der Waals surface area contributed by atoms with Gasteiger partial charge < -0.3 is 9.84 Å². The van der Waals surface area contributed by atoms with Crippen molar-refractivity contribution in [2.75, 3.05) is 7.11 Å². The predicted molar refractivity (Wildman–Crippen MR) is 74.9 cm³/mol. The summed E-state index contributed by atoms with van der Waals surface area (Å²) in [5, 5.41) is 9.17. The number of rotatable bonds is 3. The van der Waals surface area contributed by atoms with Crippen molar-refractivity contribution in [3.05, 3.63) is 53.1 Å². The lowest BCUT2D eigenvalue weighted by Gasteiger charge is -2.10. The number of benzene rings is 2. The quantitative estimate of drug-likeness (QED) is 0.911. The Labute approximate surface area is 112 Å². The van der Waals surface area contributed by atoms with Gasteiger partial charge in [-0.05, 0) is 48.2 Å². The Morgan fingerprint density at radius 3 is 2.21 bits per heavy atom. The molecular weight excluding hydrogens is 240 g/mol. The highest BCUT2D eigenvalue weighted by Gasteiger charge is 2.12. The van der Waals surface area contributed by atoms with Crippen LogP contribution in [-0.2, 0) is 0 Å². The van der Waals surface area contributed by atoms with Crippen LogP contribution < -0.4 is 4.74 Å². The zero-order valence-corrected chi connectivity index (χ0v) is 11.2. The standard InChI is InChI=1S/C16H16O3/c1-10-7-13(8-11(2)15(10)16(17)18)12-5-4-6-14(9-12)19-3/h4-9H,1-3H3,(H,17,18). The highest BCUT2D eigenvalue weighted by atomic mass is 16.5. The summed E-state index contributed by atoms with van der Waals surface area (Å²) in [6.45, 7) is 3.64. The molecule has 0 spiro atoms. The molecule has 2 aromatic rings. The first kappa shape index (κ1) is 13.1. The van der Waals surface area contributed by atoms with Crippen LogP contribution >= 0.6 is 0 Å². The first-order valence-electron chi connectivity index (χ1n) is 6.02. The Morgan fingerprint density at radius 1 is 1.05 bits per heavy atom. The molecule has 2 rings (SSSR count). The molecule has 0 heterocycles. The lowest BCUT2D eigenvalue weighted by atomic mass is 9.95. The largest absolute Gasteiger partial charge is 0.497 e. The molecule has 0 radical (unpaired) electrons. The summed E-state index contributed by atoms with van der Waals surface area (Å²) in [5.74, 6) is -0.0951. The van der Waals surface area contributed by atoms with Gasteiger partial charge in [0.1, 0.15) is 5.75 Å². The number of carboxylic acid groups (broad SMARTS) is 1. The van der Waals surface area contributed by atoms with E-state index in [0.717, 1.165) is 28.0 Å². The molecule has 1 N–H and O–H groups in total. The van der Waals surface area contributed by atoms with Crippen LogP contribution in [0.15, 0.2) is 36.4 Å². The molecule has 0 unspecified atom stereocenters. The van der Waals surface area contributed by atoms with Crippen LogP contribution in [-0.4, -0.2) is 18.2 Å². The van der Waals surface area contributed by atoms with Crippen molar-refractivity contribution in [1.29, 1.82) is 0 Å². The highest BCUT2D eigenvalue weighted by molar-refractivity contribution is 5.92. The molecule has 0 aromatic heterocycles. The molecule has 3 heteroatoms. The van der Waals surface area contributed by atoms with Crippen LogP contribution in [0.3, 0.4) is 0 Å². The van der Waals surface area contributed by atoms with Crippen molar-refractivity contribution in [3.8, 4) is 16.9 Å². The van der Waals surface area contributed by atoms with E-state index in [1.807, 2.05) is 50.2 Å². The molecular formula is C16H16O3. The van der Waals surface area contributed by atoms with E-state index >= 15 is 0 Å². The van der Waals surface area contributed by atoms with Crippen molar-refractivity contribution < 1.29 is 14.6 Å². The number of carboxylic acids is 1. The summed E-state index contributed by atoms with van der Waals surface area (Å²) in [6, 6.07) is 11.5. The molecule has 0 bridgehead atoms. The van der Waals surface area contributed by atoms with Crippen molar-refractivity contribution in [3.63, 3.8) is 0 Å². The van der Waals surface area contributed by atoms with Crippen molar-refractivity contribution in [1.82, 2.24) is 0 Å². The lowest BCUT2D eigenvalue weighted by molar-refractivity contribution is 0.0695.